The van der Waals surface area contributed by atoms with Crippen LogP contribution in [0, 0.1) is 11.8 Å². The SMILES string of the molecule is C[C@H](NCC[C@H]1CCOC[C@H]1C(=O)O)c1ccccc1. The van der Waals surface area contributed by atoms with Crippen molar-refractivity contribution in [2.45, 2.75) is 25.8 Å². The zero-order valence-corrected chi connectivity index (χ0v) is 11.9. The van der Waals surface area contributed by atoms with E-state index in [2.05, 4.69) is 24.4 Å². The van der Waals surface area contributed by atoms with Gasteiger partial charge in [0.05, 0.1) is 12.5 Å². The van der Waals surface area contributed by atoms with Gasteiger partial charge in [0.15, 0.2) is 0 Å². The number of aliphatic carboxylic acids is 1. The maximum absolute atomic E-state index is 11.2. The van der Waals surface area contributed by atoms with Gasteiger partial charge in [0.25, 0.3) is 0 Å². The highest BCUT2D eigenvalue weighted by Gasteiger charge is 2.31. The number of hydrogen-bond donors (Lipinski definition) is 2. The first-order valence-electron chi connectivity index (χ1n) is 7.27. The van der Waals surface area contributed by atoms with Gasteiger partial charge in [0, 0.05) is 12.6 Å². The summed E-state index contributed by atoms with van der Waals surface area (Å²) in [6, 6.07) is 10.6. The smallest absolute Gasteiger partial charge is 0.309 e. The molecule has 4 nitrogen and oxygen atoms in total. The molecule has 2 N–H and O–H groups in total. The summed E-state index contributed by atoms with van der Waals surface area (Å²) in [5, 5.41) is 12.7. The summed E-state index contributed by atoms with van der Waals surface area (Å²) >= 11 is 0. The molecular formula is C16H23NO3. The molecule has 1 aromatic rings. The first-order chi connectivity index (χ1) is 9.68. The fourth-order valence-corrected chi connectivity index (χ4v) is 2.75. The minimum Gasteiger partial charge on any atom is -0.481 e. The van der Waals surface area contributed by atoms with Crippen LogP contribution in [0.4, 0.5) is 0 Å². The van der Waals surface area contributed by atoms with E-state index in [1.807, 2.05) is 18.2 Å². The Morgan fingerprint density at radius 3 is 2.90 bits per heavy atom. The molecule has 3 atom stereocenters. The zero-order valence-electron chi connectivity index (χ0n) is 11.9. The Balaban J connectivity index is 1.78. The molecule has 0 bridgehead atoms. The second-order valence-corrected chi connectivity index (χ2v) is 5.44. The van der Waals surface area contributed by atoms with E-state index in [9.17, 15) is 9.90 Å². The van der Waals surface area contributed by atoms with Crippen LogP contribution in [0.1, 0.15) is 31.4 Å². The number of benzene rings is 1. The second kappa shape index (κ2) is 7.41. The first kappa shape index (κ1) is 15.0. The molecule has 1 heterocycles. The van der Waals surface area contributed by atoms with Gasteiger partial charge in [-0.05, 0) is 37.8 Å². The highest BCUT2D eigenvalue weighted by atomic mass is 16.5. The van der Waals surface area contributed by atoms with Crippen LogP contribution in [0.15, 0.2) is 30.3 Å². The summed E-state index contributed by atoms with van der Waals surface area (Å²) in [6.07, 6.45) is 1.73. The van der Waals surface area contributed by atoms with Crippen molar-refractivity contribution >= 4 is 5.97 Å². The summed E-state index contributed by atoms with van der Waals surface area (Å²) in [6.45, 7) is 4.01. The van der Waals surface area contributed by atoms with Gasteiger partial charge in [-0.2, -0.15) is 0 Å². The van der Waals surface area contributed by atoms with E-state index in [4.69, 9.17) is 4.74 Å². The maximum Gasteiger partial charge on any atom is 0.309 e. The average Bonchev–Trinajstić information content (AvgIpc) is 2.48. The van der Waals surface area contributed by atoms with Crippen molar-refractivity contribution in [1.29, 1.82) is 0 Å². The van der Waals surface area contributed by atoms with Gasteiger partial charge in [0.2, 0.25) is 0 Å². The Labute approximate surface area is 120 Å². The number of hydrogen-bond acceptors (Lipinski definition) is 3. The molecule has 2 rings (SSSR count). The molecule has 0 spiro atoms. The van der Waals surface area contributed by atoms with Crippen LogP contribution in [0.5, 0.6) is 0 Å². The third-order valence-electron chi connectivity index (χ3n) is 4.08. The Morgan fingerprint density at radius 1 is 1.45 bits per heavy atom. The predicted molar refractivity (Wildman–Crippen MR) is 77.5 cm³/mol. The number of carboxylic acid groups (broad SMARTS) is 1. The lowest BCUT2D eigenvalue weighted by Gasteiger charge is -2.29. The van der Waals surface area contributed by atoms with Crippen molar-refractivity contribution < 1.29 is 14.6 Å². The predicted octanol–water partition coefficient (Wildman–Crippen LogP) is 2.46. The fraction of sp³-hybridized carbons (Fsp3) is 0.562. The minimum absolute atomic E-state index is 0.219. The van der Waals surface area contributed by atoms with Crippen LogP contribution < -0.4 is 5.32 Å². The summed E-state index contributed by atoms with van der Waals surface area (Å²) < 4.78 is 5.27. The van der Waals surface area contributed by atoms with Gasteiger partial charge >= 0.3 is 5.97 Å². The van der Waals surface area contributed by atoms with E-state index < -0.39 is 5.97 Å². The normalized spacial score (nSPS) is 24.2. The van der Waals surface area contributed by atoms with E-state index in [1.54, 1.807) is 0 Å². The standard InChI is InChI=1S/C16H23NO3/c1-12(13-5-3-2-4-6-13)17-9-7-14-8-10-20-11-15(14)16(18)19/h2-6,12,14-15,17H,7-11H2,1H3,(H,18,19)/t12-,14-,15+/m0/s1. The third kappa shape index (κ3) is 4.05. The van der Waals surface area contributed by atoms with Crippen molar-refractivity contribution in [3.05, 3.63) is 35.9 Å². The van der Waals surface area contributed by atoms with Gasteiger partial charge in [-0.15, -0.1) is 0 Å². The zero-order chi connectivity index (χ0) is 14.4. The summed E-state index contributed by atoms with van der Waals surface area (Å²) in [5.41, 5.74) is 1.26. The van der Waals surface area contributed by atoms with Gasteiger partial charge in [-0.25, -0.2) is 0 Å². The van der Waals surface area contributed by atoms with Crippen LogP contribution in [0.2, 0.25) is 0 Å². The van der Waals surface area contributed by atoms with Gasteiger partial charge in [0.1, 0.15) is 0 Å². The molecular weight excluding hydrogens is 254 g/mol. The lowest BCUT2D eigenvalue weighted by molar-refractivity contribution is -0.149. The Morgan fingerprint density at radius 2 is 2.20 bits per heavy atom. The molecule has 110 valence electrons. The molecule has 0 unspecified atom stereocenters. The molecule has 0 saturated carbocycles. The van der Waals surface area contributed by atoms with E-state index >= 15 is 0 Å². The summed E-state index contributed by atoms with van der Waals surface area (Å²) in [5.74, 6) is -0.861. The van der Waals surface area contributed by atoms with E-state index in [1.165, 1.54) is 5.56 Å². The number of ether oxygens (including phenoxy) is 1. The van der Waals surface area contributed by atoms with E-state index in [0.717, 1.165) is 19.4 Å². The largest absolute Gasteiger partial charge is 0.481 e. The third-order valence-corrected chi connectivity index (χ3v) is 4.08. The molecule has 1 aliphatic rings. The van der Waals surface area contributed by atoms with Gasteiger partial charge < -0.3 is 15.2 Å². The summed E-state index contributed by atoms with van der Waals surface area (Å²) in [4.78, 5) is 11.2. The van der Waals surface area contributed by atoms with Gasteiger partial charge in [-0.3, -0.25) is 4.79 Å². The van der Waals surface area contributed by atoms with Crippen molar-refractivity contribution in [2.24, 2.45) is 11.8 Å². The van der Waals surface area contributed by atoms with E-state index in [-0.39, 0.29) is 11.8 Å². The highest BCUT2D eigenvalue weighted by molar-refractivity contribution is 5.70. The maximum atomic E-state index is 11.2. The molecule has 4 heteroatoms. The molecule has 0 aliphatic carbocycles. The molecule has 0 radical (unpaired) electrons. The monoisotopic (exact) mass is 277 g/mol. The number of rotatable bonds is 6. The van der Waals surface area contributed by atoms with Crippen molar-refractivity contribution in [1.82, 2.24) is 5.32 Å². The Bertz CT molecular complexity index is 421. The molecule has 20 heavy (non-hydrogen) atoms. The molecule has 0 amide bonds. The first-order valence-corrected chi connectivity index (χ1v) is 7.27. The average molecular weight is 277 g/mol. The number of nitrogens with one attached hydrogen (secondary N) is 1. The van der Waals surface area contributed by atoms with Crippen LogP contribution >= 0.6 is 0 Å². The molecule has 1 aliphatic heterocycles. The van der Waals surface area contributed by atoms with Crippen LogP contribution in [-0.4, -0.2) is 30.8 Å². The quantitative estimate of drug-likeness (QED) is 0.838. The Kier molecular flexibility index (Phi) is 5.56. The second-order valence-electron chi connectivity index (χ2n) is 5.44. The Hall–Kier alpha value is -1.39. The molecule has 1 saturated heterocycles. The number of carbonyl (C=O) groups is 1. The van der Waals surface area contributed by atoms with Crippen molar-refractivity contribution in [3.8, 4) is 0 Å². The van der Waals surface area contributed by atoms with Crippen molar-refractivity contribution in [3.63, 3.8) is 0 Å². The fourth-order valence-electron chi connectivity index (χ4n) is 2.75. The number of carboxylic acids is 1. The van der Waals surface area contributed by atoms with Gasteiger partial charge in [-0.1, -0.05) is 30.3 Å². The molecule has 1 aromatic carbocycles. The van der Waals surface area contributed by atoms with Crippen LogP contribution in [0.3, 0.4) is 0 Å². The molecule has 0 aromatic heterocycles. The van der Waals surface area contributed by atoms with Crippen molar-refractivity contribution in [2.75, 3.05) is 19.8 Å². The molecule has 1 fully saturated rings. The summed E-state index contributed by atoms with van der Waals surface area (Å²) in [7, 11) is 0. The van der Waals surface area contributed by atoms with Crippen LogP contribution in [-0.2, 0) is 9.53 Å². The van der Waals surface area contributed by atoms with E-state index in [0.29, 0.717) is 19.3 Å². The minimum atomic E-state index is -0.731. The topological polar surface area (TPSA) is 58.6 Å². The lowest BCUT2D eigenvalue weighted by atomic mass is 9.86. The lowest BCUT2D eigenvalue weighted by Crippen LogP contribution is -2.35. The van der Waals surface area contributed by atoms with Crippen LogP contribution in [0.25, 0.3) is 0 Å². The highest BCUT2D eigenvalue weighted by Crippen LogP contribution is 2.25.